The first-order chi connectivity index (χ1) is 8.70. The third-order valence-corrected chi connectivity index (χ3v) is 4.63. The molecule has 1 heterocycles. The Labute approximate surface area is 112 Å². The van der Waals surface area contributed by atoms with Gasteiger partial charge in [-0.15, -0.1) is 0 Å². The molecule has 0 radical (unpaired) electrons. The highest BCUT2D eigenvalue weighted by molar-refractivity contribution is 7.99. The van der Waals surface area contributed by atoms with E-state index in [1.54, 1.807) is 18.0 Å². The van der Waals surface area contributed by atoms with Gasteiger partial charge in [-0.1, -0.05) is 18.2 Å². The quantitative estimate of drug-likeness (QED) is 0.829. The summed E-state index contributed by atoms with van der Waals surface area (Å²) in [6, 6.07) is 2.47. The largest absolute Gasteiger partial charge is 0.440 e. The van der Waals surface area contributed by atoms with E-state index in [4.69, 9.17) is 4.42 Å². The molecule has 0 bridgehead atoms. The van der Waals surface area contributed by atoms with E-state index in [0.717, 1.165) is 42.4 Å². The number of rotatable bonds is 5. The van der Waals surface area contributed by atoms with Crippen molar-refractivity contribution in [1.82, 2.24) is 10.3 Å². The van der Waals surface area contributed by atoms with Gasteiger partial charge in [-0.2, -0.15) is 5.26 Å². The van der Waals surface area contributed by atoms with Crippen LogP contribution in [-0.2, 0) is 0 Å². The van der Waals surface area contributed by atoms with E-state index in [-0.39, 0.29) is 5.54 Å². The molecule has 1 aliphatic carbocycles. The maximum absolute atomic E-state index is 9.36. The Balaban J connectivity index is 1.85. The Bertz CT molecular complexity index is 440. The Morgan fingerprint density at radius 3 is 3.17 bits per heavy atom. The molecular weight excluding hydrogens is 246 g/mol. The van der Waals surface area contributed by atoms with Crippen molar-refractivity contribution in [3.63, 3.8) is 0 Å². The zero-order chi connectivity index (χ0) is 13.0. The smallest absolute Gasteiger partial charge is 0.255 e. The van der Waals surface area contributed by atoms with E-state index >= 15 is 0 Å². The SMILES string of the molecule is CNC1(C#N)CCCC1CCSc1nc(C)co1. The summed E-state index contributed by atoms with van der Waals surface area (Å²) < 4.78 is 5.30. The number of nitrogens with one attached hydrogen (secondary N) is 1. The maximum atomic E-state index is 9.36. The van der Waals surface area contributed by atoms with Crippen LogP contribution in [0.5, 0.6) is 0 Å². The molecule has 0 spiro atoms. The van der Waals surface area contributed by atoms with Crippen molar-refractivity contribution in [1.29, 1.82) is 5.26 Å². The van der Waals surface area contributed by atoms with Gasteiger partial charge in [0.1, 0.15) is 11.8 Å². The van der Waals surface area contributed by atoms with E-state index < -0.39 is 0 Å². The van der Waals surface area contributed by atoms with Crippen LogP contribution >= 0.6 is 11.8 Å². The number of hydrogen-bond acceptors (Lipinski definition) is 5. The first kappa shape index (κ1) is 13.4. The molecule has 1 saturated carbocycles. The van der Waals surface area contributed by atoms with E-state index in [1.807, 2.05) is 14.0 Å². The molecule has 98 valence electrons. The van der Waals surface area contributed by atoms with Crippen LogP contribution in [0.2, 0.25) is 0 Å². The summed E-state index contributed by atoms with van der Waals surface area (Å²) in [7, 11) is 1.89. The lowest BCUT2D eigenvalue weighted by molar-refractivity contribution is 0.331. The number of oxazole rings is 1. The van der Waals surface area contributed by atoms with Gasteiger partial charge in [-0.25, -0.2) is 4.98 Å². The van der Waals surface area contributed by atoms with Crippen LogP contribution in [0.15, 0.2) is 15.9 Å². The molecule has 4 nitrogen and oxygen atoms in total. The zero-order valence-corrected chi connectivity index (χ0v) is 11.7. The molecule has 1 fully saturated rings. The van der Waals surface area contributed by atoms with Gasteiger partial charge in [-0.05, 0) is 39.2 Å². The van der Waals surface area contributed by atoms with Crippen LogP contribution in [0, 0.1) is 24.2 Å². The molecule has 2 rings (SSSR count). The highest BCUT2D eigenvalue weighted by Gasteiger charge is 2.41. The highest BCUT2D eigenvalue weighted by Crippen LogP contribution is 2.38. The van der Waals surface area contributed by atoms with Crippen LogP contribution < -0.4 is 5.32 Å². The normalized spacial score (nSPS) is 27.3. The summed E-state index contributed by atoms with van der Waals surface area (Å²) in [6.45, 7) is 1.92. The summed E-state index contributed by atoms with van der Waals surface area (Å²) in [4.78, 5) is 4.27. The van der Waals surface area contributed by atoms with Crippen molar-refractivity contribution in [3.05, 3.63) is 12.0 Å². The molecule has 5 heteroatoms. The van der Waals surface area contributed by atoms with Gasteiger partial charge < -0.3 is 9.73 Å². The number of hydrogen-bond donors (Lipinski definition) is 1. The van der Waals surface area contributed by atoms with E-state index in [9.17, 15) is 5.26 Å². The summed E-state index contributed by atoms with van der Waals surface area (Å²) in [5.41, 5.74) is 0.604. The lowest BCUT2D eigenvalue weighted by atomic mass is 9.87. The molecule has 2 atom stereocenters. The first-order valence-electron chi connectivity index (χ1n) is 6.35. The summed E-state index contributed by atoms with van der Waals surface area (Å²) in [6.07, 6.45) is 5.94. The average molecular weight is 265 g/mol. The third-order valence-electron chi connectivity index (χ3n) is 3.76. The minimum atomic E-state index is -0.312. The van der Waals surface area contributed by atoms with Gasteiger partial charge in [0.15, 0.2) is 0 Å². The topological polar surface area (TPSA) is 61.9 Å². The Hall–Kier alpha value is -0.990. The number of aromatic nitrogens is 1. The Kier molecular flexibility index (Phi) is 4.31. The van der Waals surface area contributed by atoms with Gasteiger partial charge in [0.2, 0.25) is 0 Å². The lowest BCUT2D eigenvalue weighted by Gasteiger charge is -2.27. The molecule has 1 aliphatic rings. The molecule has 18 heavy (non-hydrogen) atoms. The Morgan fingerprint density at radius 1 is 1.72 bits per heavy atom. The fourth-order valence-electron chi connectivity index (χ4n) is 2.69. The van der Waals surface area contributed by atoms with Crippen molar-refractivity contribution in [3.8, 4) is 6.07 Å². The predicted molar refractivity (Wildman–Crippen MR) is 71.3 cm³/mol. The van der Waals surface area contributed by atoms with Crippen molar-refractivity contribution in [2.45, 2.75) is 43.4 Å². The van der Waals surface area contributed by atoms with Gasteiger partial charge in [0, 0.05) is 5.75 Å². The molecule has 1 aromatic heterocycles. The van der Waals surface area contributed by atoms with Crippen molar-refractivity contribution < 1.29 is 4.42 Å². The van der Waals surface area contributed by atoms with Gasteiger partial charge in [0.25, 0.3) is 5.22 Å². The second-order valence-corrected chi connectivity index (χ2v) is 5.86. The van der Waals surface area contributed by atoms with Crippen LogP contribution in [0.1, 0.15) is 31.4 Å². The average Bonchev–Trinajstić information content (AvgIpc) is 2.97. The number of thioether (sulfide) groups is 1. The van der Waals surface area contributed by atoms with Crippen LogP contribution in [-0.4, -0.2) is 23.3 Å². The minimum Gasteiger partial charge on any atom is -0.440 e. The molecule has 0 saturated heterocycles. The summed E-state index contributed by atoms with van der Waals surface area (Å²) in [5.74, 6) is 1.39. The van der Waals surface area contributed by atoms with Crippen molar-refractivity contribution in [2.24, 2.45) is 5.92 Å². The predicted octanol–water partition coefficient (Wildman–Crippen LogP) is 2.75. The monoisotopic (exact) mass is 265 g/mol. The molecular formula is C13H19N3OS. The van der Waals surface area contributed by atoms with E-state index in [0.29, 0.717) is 5.92 Å². The highest BCUT2D eigenvalue weighted by atomic mass is 32.2. The lowest BCUT2D eigenvalue weighted by Crippen LogP contribution is -2.44. The van der Waals surface area contributed by atoms with Crippen molar-refractivity contribution >= 4 is 11.8 Å². The molecule has 0 amide bonds. The third kappa shape index (κ3) is 2.70. The second-order valence-electron chi connectivity index (χ2n) is 4.81. The van der Waals surface area contributed by atoms with Gasteiger partial charge >= 0.3 is 0 Å². The van der Waals surface area contributed by atoms with Crippen LogP contribution in [0.4, 0.5) is 0 Å². The van der Waals surface area contributed by atoms with Crippen molar-refractivity contribution in [2.75, 3.05) is 12.8 Å². The molecule has 1 aromatic rings. The molecule has 0 aliphatic heterocycles. The molecule has 2 unspecified atom stereocenters. The number of aryl methyl sites for hydroxylation is 1. The molecule has 1 N–H and O–H groups in total. The minimum absolute atomic E-state index is 0.312. The fraction of sp³-hybridized carbons (Fsp3) is 0.692. The standard InChI is InChI=1S/C13H19N3OS/c1-10-8-17-12(16-10)18-7-5-11-4-3-6-13(11,9-14)15-2/h8,11,15H,3-7H2,1-2H3. The first-order valence-corrected chi connectivity index (χ1v) is 7.34. The molecule has 0 aromatic carbocycles. The summed E-state index contributed by atoms with van der Waals surface area (Å²) >= 11 is 1.63. The van der Waals surface area contributed by atoms with E-state index in [1.165, 1.54) is 0 Å². The van der Waals surface area contributed by atoms with Gasteiger partial charge in [0.05, 0.1) is 11.8 Å². The summed E-state index contributed by atoms with van der Waals surface area (Å²) in [5, 5.41) is 13.3. The number of nitrogens with zero attached hydrogens (tertiary/aromatic N) is 2. The van der Waals surface area contributed by atoms with E-state index in [2.05, 4.69) is 16.4 Å². The fourth-order valence-corrected chi connectivity index (χ4v) is 3.59. The van der Waals surface area contributed by atoms with Gasteiger partial charge in [-0.3, -0.25) is 0 Å². The number of nitriles is 1. The zero-order valence-electron chi connectivity index (χ0n) is 10.9. The second kappa shape index (κ2) is 5.77. The maximum Gasteiger partial charge on any atom is 0.255 e. The van der Waals surface area contributed by atoms with Crippen LogP contribution in [0.25, 0.3) is 0 Å². The Morgan fingerprint density at radius 2 is 2.56 bits per heavy atom. The van der Waals surface area contributed by atoms with Crippen LogP contribution in [0.3, 0.4) is 0 Å².